The third-order valence-electron chi connectivity index (χ3n) is 5.64. The number of pyridine rings is 1. The number of hydrogen-bond donors (Lipinski definition) is 1. The van der Waals surface area contributed by atoms with E-state index in [9.17, 15) is 14.4 Å². The number of fused-ring (bicyclic) bond motifs is 2. The number of nitrogens with one attached hydrogen (secondary N) is 1. The van der Waals surface area contributed by atoms with Crippen molar-refractivity contribution in [1.29, 1.82) is 0 Å². The number of likely N-dealkylation sites (tertiary alicyclic amines) is 1. The lowest BCUT2D eigenvalue weighted by Crippen LogP contribution is -2.34. The Hall–Kier alpha value is -2.77. The van der Waals surface area contributed by atoms with E-state index in [1.165, 1.54) is 4.90 Å². The van der Waals surface area contributed by atoms with E-state index in [0.29, 0.717) is 5.69 Å². The molecule has 2 atom stereocenters. The first kappa shape index (κ1) is 17.6. The Kier molecular flexibility index (Phi) is 4.41. The van der Waals surface area contributed by atoms with E-state index in [2.05, 4.69) is 15.4 Å². The fourth-order valence-corrected chi connectivity index (χ4v) is 4.26. The molecule has 0 aromatic carbocycles. The van der Waals surface area contributed by atoms with E-state index in [0.717, 1.165) is 42.4 Å². The van der Waals surface area contributed by atoms with E-state index < -0.39 is 0 Å². The number of rotatable bonds is 4. The molecule has 2 aromatic heterocycles. The van der Waals surface area contributed by atoms with Gasteiger partial charge >= 0.3 is 0 Å². The van der Waals surface area contributed by atoms with E-state index in [-0.39, 0.29) is 42.5 Å². The molecule has 142 valence electrons. The maximum atomic E-state index is 12.5. The van der Waals surface area contributed by atoms with Crippen molar-refractivity contribution in [3.63, 3.8) is 0 Å². The monoisotopic (exact) mass is 369 g/mol. The first-order valence-corrected chi connectivity index (χ1v) is 9.40. The minimum atomic E-state index is -0.242. The summed E-state index contributed by atoms with van der Waals surface area (Å²) in [6, 6.07) is 1.84. The molecular weight excluding hydrogens is 346 g/mol. The number of imide groups is 1. The second kappa shape index (κ2) is 6.75. The van der Waals surface area contributed by atoms with Gasteiger partial charge in [-0.15, -0.1) is 0 Å². The molecule has 2 aromatic rings. The molecule has 0 bridgehead atoms. The van der Waals surface area contributed by atoms with Crippen LogP contribution in [0.25, 0.3) is 11.0 Å². The van der Waals surface area contributed by atoms with Gasteiger partial charge in [0.05, 0.1) is 29.4 Å². The predicted octanol–water partition coefficient (Wildman–Crippen LogP) is 1.78. The smallest absolute Gasteiger partial charge is 0.233 e. The predicted molar refractivity (Wildman–Crippen MR) is 98.7 cm³/mol. The fourth-order valence-electron chi connectivity index (χ4n) is 4.26. The molecule has 1 N–H and O–H groups in total. The summed E-state index contributed by atoms with van der Waals surface area (Å²) in [5.74, 6) is -0.796. The fraction of sp³-hybridized carbons (Fsp3) is 0.526. The highest BCUT2D eigenvalue weighted by Crippen LogP contribution is 2.38. The second-order valence-corrected chi connectivity index (χ2v) is 7.43. The normalized spacial score (nSPS) is 22.4. The van der Waals surface area contributed by atoms with Gasteiger partial charge in [0.2, 0.25) is 17.7 Å². The molecule has 2 aliphatic rings. The van der Waals surface area contributed by atoms with Crippen molar-refractivity contribution < 1.29 is 14.4 Å². The third-order valence-corrected chi connectivity index (χ3v) is 5.64. The van der Waals surface area contributed by atoms with Crippen molar-refractivity contribution in [3.05, 3.63) is 18.0 Å². The highest BCUT2D eigenvalue weighted by atomic mass is 16.2. The Bertz CT molecular complexity index is 911. The van der Waals surface area contributed by atoms with Crippen LogP contribution in [0.2, 0.25) is 0 Å². The number of nitrogens with zero attached hydrogens (tertiary/aromatic N) is 4. The molecule has 1 aliphatic heterocycles. The maximum Gasteiger partial charge on any atom is 0.233 e. The molecule has 0 spiro atoms. The first-order chi connectivity index (χ1) is 13.0. The molecule has 3 heterocycles. The van der Waals surface area contributed by atoms with E-state index in [1.54, 1.807) is 10.9 Å². The van der Waals surface area contributed by atoms with Crippen LogP contribution < -0.4 is 5.32 Å². The summed E-state index contributed by atoms with van der Waals surface area (Å²) in [7, 11) is 1.82. The molecule has 1 aliphatic carbocycles. The molecule has 1 saturated heterocycles. The molecule has 2 fully saturated rings. The summed E-state index contributed by atoms with van der Waals surface area (Å²) in [5.41, 5.74) is 2.17. The number of aryl methyl sites for hydroxylation is 2. The molecule has 1 saturated carbocycles. The van der Waals surface area contributed by atoms with Crippen molar-refractivity contribution in [1.82, 2.24) is 19.7 Å². The standard InChI is InChI=1S/C19H23N5O3/c1-11-15-9-12(10-20-17(15)23(2)22-11)21-16(25)7-8-24-18(26)13-5-3-4-6-14(13)19(24)27/h9-10,13-14H,3-8H2,1-2H3,(H,21,25)/t13-,14-/m0/s1. The van der Waals surface area contributed by atoms with Gasteiger partial charge < -0.3 is 5.32 Å². The van der Waals surface area contributed by atoms with Gasteiger partial charge in [-0.25, -0.2) is 4.98 Å². The largest absolute Gasteiger partial charge is 0.325 e. The van der Waals surface area contributed by atoms with Crippen LogP contribution in [0.4, 0.5) is 5.69 Å². The van der Waals surface area contributed by atoms with Crippen molar-refractivity contribution in [3.8, 4) is 0 Å². The Morgan fingerprint density at radius 1 is 1.22 bits per heavy atom. The van der Waals surface area contributed by atoms with Crippen LogP contribution >= 0.6 is 0 Å². The summed E-state index contributed by atoms with van der Waals surface area (Å²) in [6.45, 7) is 2.03. The molecule has 0 radical (unpaired) electrons. The van der Waals surface area contributed by atoms with E-state index in [1.807, 2.05) is 20.0 Å². The zero-order valence-electron chi connectivity index (χ0n) is 15.6. The number of hydrogen-bond acceptors (Lipinski definition) is 5. The van der Waals surface area contributed by atoms with Crippen molar-refractivity contribution in [2.45, 2.75) is 39.0 Å². The summed E-state index contributed by atoms with van der Waals surface area (Å²) < 4.78 is 1.69. The lowest BCUT2D eigenvalue weighted by atomic mass is 9.81. The van der Waals surface area contributed by atoms with Crippen molar-refractivity contribution in [2.75, 3.05) is 11.9 Å². The Labute approximate surface area is 156 Å². The van der Waals surface area contributed by atoms with Gasteiger partial charge in [-0.1, -0.05) is 12.8 Å². The third kappa shape index (κ3) is 3.09. The molecule has 8 nitrogen and oxygen atoms in total. The highest BCUT2D eigenvalue weighted by Gasteiger charge is 2.47. The second-order valence-electron chi connectivity index (χ2n) is 7.43. The average Bonchev–Trinajstić information content (AvgIpc) is 3.07. The highest BCUT2D eigenvalue weighted by molar-refractivity contribution is 6.05. The zero-order chi connectivity index (χ0) is 19.1. The molecule has 8 heteroatoms. The van der Waals surface area contributed by atoms with Crippen molar-refractivity contribution >= 4 is 34.4 Å². The van der Waals surface area contributed by atoms with Crippen LogP contribution in [0.3, 0.4) is 0 Å². The van der Waals surface area contributed by atoms with E-state index >= 15 is 0 Å². The van der Waals surface area contributed by atoms with Crippen molar-refractivity contribution in [2.24, 2.45) is 18.9 Å². The average molecular weight is 369 g/mol. The molecule has 4 rings (SSSR count). The SMILES string of the molecule is Cc1nn(C)c2ncc(NC(=O)CCN3C(=O)[C@H]4CCCC[C@@H]4C3=O)cc12. The molecular formula is C19H23N5O3. The number of carbonyl (C=O) groups excluding carboxylic acids is 3. The van der Waals surface area contributed by atoms with Gasteiger partial charge in [0, 0.05) is 25.4 Å². The number of anilines is 1. The van der Waals surface area contributed by atoms with Gasteiger partial charge in [0.15, 0.2) is 5.65 Å². The topological polar surface area (TPSA) is 97.2 Å². The molecule has 27 heavy (non-hydrogen) atoms. The summed E-state index contributed by atoms with van der Waals surface area (Å²) in [4.78, 5) is 42.9. The lowest BCUT2D eigenvalue weighted by Gasteiger charge is -2.19. The maximum absolute atomic E-state index is 12.5. The van der Waals surface area contributed by atoms with Crippen LogP contribution in [0, 0.1) is 18.8 Å². The van der Waals surface area contributed by atoms with Crippen LogP contribution in [0.5, 0.6) is 0 Å². The van der Waals surface area contributed by atoms with Gasteiger partial charge in [-0.3, -0.25) is 24.0 Å². The molecule has 0 unspecified atom stereocenters. The van der Waals surface area contributed by atoms with Gasteiger partial charge in [-0.05, 0) is 25.8 Å². The first-order valence-electron chi connectivity index (χ1n) is 9.40. The number of aromatic nitrogens is 3. The number of carbonyl (C=O) groups is 3. The summed E-state index contributed by atoms with van der Waals surface area (Å²) in [5, 5.41) is 7.99. The lowest BCUT2D eigenvalue weighted by molar-refractivity contribution is -0.140. The van der Waals surface area contributed by atoms with Gasteiger partial charge in [0.25, 0.3) is 0 Å². The minimum absolute atomic E-state index is 0.0843. The summed E-state index contributed by atoms with van der Waals surface area (Å²) >= 11 is 0. The Morgan fingerprint density at radius 2 is 1.89 bits per heavy atom. The van der Waals surface area contributed by atoms with Crippen LogP contribution in [-0.4, -0.2) is 43.9 Å². The Balaban J connectivity index is 1.39. The van der Waals surface area contributed by atoms with Crippen LogP contribution in [0.15, 0.2) is 12.3 Å². The van der Waals surface area contributed by atoms with E-state index in [4.69, 9.17) is 0 Å². The van der Waals surface area contributed by atoms with Gasteiger partial charge in [0.1, 0.15) is 0 Å². The van der Waals surface area contributed by atoms with Crippen LogP contribution in [0.1, 0.15) is 37.8 Å². The van der Waals surface area contributed by atoms with Gasteiger partial charge in [-0.2, -0.15) is 5.10 Å². The zero-order valence-corrected chi connectivity index (χ0v) is 15.6. The Morgan fingerprint density at radius 3 is 2.56 bits per heavy atom. The number of amides is 3. The molecule has 3 amide bonds. The van der Waals surface area contributed by atoms with Crippen LogP contribution in [-0.2, 0) is 21.4 Å². The summed E-state index contributed by atoms with van der Waals surface area (Å²) in [6.07, 6.45) is 5.24. The minimum Gasteiger partial charge on any atom is -0.325 e. The quantitative estimate of drug-likeness (QED) is 0.829.